The smallest absolute Gasteiger partial charge is 0.309 e. The highest BCUT2D eigenvalue weighted by atomic mass is 16.6. The minimum Gasteiger partial charge on any atom is -0.469 e. The van der Waals surface area contributed by atoms with Crippen LogP contribution in [0.1, 0.15) is 84.5 Å². The summed E-state index contributed by atoms with van der Waals surface area (Å²) in [7, 11) is 1.35. The van der Waals surface area contributed by atoms with Crippen molar-refractivity contribution >= 4 is 11.9 Å². The molecule has 0 fully saturated rings. The lowest BCUT2D eigenvalue weighted by Gasteiger charge is -2.15. The van der Waals surface area contributed by atoms with Crippen LogP contribution < -0.4 is 0 Å². The van der Waals surface area contributed by atoms with Gasteiger partial charge in [0, 0.05) is 6.92 Å². The molecule has 0 saturated heterocycles. The second-order valence-corrected chi connectivity index (χ2v) is 5.63. The third-order valence-electron chi connectivity index (χ3n) is 3.58. The second kappa shape index (κ2) is 13.9. The second-order valence-electron chi connectivity index (χ2n) is 5.63. The fourth-order valence-electron chi connectivity index (χ4n) is 2.39. The van der Waals surface area contributed by atoms with Crippen LogP contribution in [-0.4, -0.2) is 25.2 Å². The molecule has 0 aliphatic rings. The van der Waals surface area contributed by atoms with E-state index in [9.17, 15) is 9.59 Å². The van der Waals surface area contributed by atoms with Gasteiger partial charge in [-0.05, 0) is 12.8 Å². The molecule has 124 valence electrons. The van der Waals surface area contributed by atoms with Crippen molar-refractivity contribution in [3.63, 3.8) is 0 Å². The summed E-state index contributed by atoms with van der Waals surface area (Å²) < 4.78 is 9.78. The van der Waals surface area contributed by atoms with Crippen molar-refractivity contribution in [1.82, 2.24) is 0 Å². The highest BCUT2D eigenvalue weighted by Crippen LogP contribution is 2.14. The zero-order valence-electron chi connectivity index (χ0n) is 14.0. The molecule has 0 aliphatic carbocycles. The maximum absolute atomic E-state index is 11.3. The van der Waals surface area contributed by atoms with Gasteiger partial charge in [0.2, 0.25) is 0 Å². The Balaban J connectivity index is 3.63. The van der Waals surface area contributed by atoms with Crippen molar-refractivity contribution in [3.05, 3.63) is 0 Å². The van der Waals surface area contributed by atoms with E-state index in [4.69, 9.17) is 4.74 Å². The van der Waals surface area contributed by atoms with Gasteiger partial charge in [0.05, 0.1) is 13.5 Å². The van der Waals surface area contributed by atoms with E-state index < -0.39 is 0 Å². The molecule has 0 heterocycles. The number of carbonyl (C=O) groups excluding carboxylic acids is 2. The van der Waals surface area contributed by atoms with Crippen LogP contribution in [0.25, 0.3) is 0 Å². The number of hydrogen-bond donors (Lipinski definition) is 0. The first-order chi connectivity index (χ1) is 10.1. The Morgan fingerprint density at radius 3 is 1.90 bits per heavy atom. The van der Waals surface area contributed by atoms with Crippen LogP contribution in [0.15, 0.2) is 0 Å². The van der Waals surface area contributed by atoms with Gasteiger partial charge in [-0.15, -0.1) is 0 Å². The van der Waals surface area contributed by atoms with Crippen molar-refractivity contribution < 1.29 is 19.1 Å². The number of rotatable bonds is 13. The van der Waals surface area contributed by atoms with E-state index >= 15 is 0 Å². The van der Waals surface area contributed by atoms with E-state index in [2.05, 4.69) is 11.7 Å². The molecule has 0 bridgehead atoms. The van der Waals surface area contributed by atoms with Crippen LogP contribution in [0.2, 0.25) is 0 Å². The molecule has 4 heteroatoms. The normalized spacial score (nSPS) is 12.0. The van der Waals surface area contributed by atoms with E-state index in [-0.39, 0.29) is 24.5 Å². The topological polar surface area (TPSA) is 52.6 Å². The zero-order chi connectivity index (χ0) is 15.9. The SMILES string of the molecule is CCCCCCCCCCC[C@@H](CC(=O)OC)OC(C)=O. The van der Waals surface area contributed by atoms with Gasteiger partial charge < -0.3 is 9.47 Å². The summed E-state index contributed by atoms with van der Waals surface area (Å²) in [6, 6.07) is 0. The Bertz CT molecular complexity index is 276. The largest absolute Gasteiger partial charge is 0.469 e. The Labute approximate surface area is 129 Å². The minimum absolute atomic E-state index is 0.160. The molecule has 0 aromatic heterocycles. The van der Waals surface area contributed by atoms with Gasteiger partial charge in [0.15, 0.2) is 0 Å². The molecule has 0 unspecified atom stereocenters. The number of unbranched alkanes of at least 4 members (excludes halogenated alkanes) is 8. The minimum atomic E-state index is -0.334. The molecule has 1 atom stereocenters. The van der Waals surface area contributed by atoms with Crippen LogP contribution in [0.4, 0.5) is 0 Å². The van der Waals surface area contributed by atoms with Gasteiger partial charge in [-0.3, -0.25) is 9.59 Å². The molecule has 0 saturated carbocycles. The zero-order valence-corrected chi connectivity index (χ0v) is 14.0. The van der Waals surface area contributed by atoms with Gasteiger partial charge in [-0.1, -0.05) is 58.3 Å². The van der Waals surface area contributed by atoms with Crippen molar-refractivity contribution in [2.75, 3.05) is 7.11 Å². The lowest BCUT2D eigenvalue weighted by molar-refractivity contribution is -0.152. The first kappa shape index (κ1) is 19.9. The number of esters is 2. The van der Waals surface area contributed by atoms with Gasteiger partial charge in [-0.2, -0.15) is 0 Å². The molecule has 0 radical (unpaired) electrons. The first-order valence-corrected chi connectivity index (χ1v) is 8.34. The van der Waals surface area contributed by atoms with Crippen molar-refractivity contribution in [2.45, 2.75) is 90.6 Å². The van der Waals surface area contributed by atoms with Crippen molar-refractivity contribution in [3.8, 4) is 0 Å². The van der Waals surface area contributed by atoms with Gasteiger partial charge in [-0.25, -0.2) is 0 Å². The third kappa shape index (κ3) is 13.7. The van der Waals surface area contributed by atoms with Crippen LogP contribution in [-0.2, 0) is 19.1 Å². The summed E-state index contributed by atoms with van der Waals surface area (Å²) in [5, 5.41) is 0. The predicted molar refractivity (Wildman–Crippen MR) is 84.0 cm³/mol. The summed E-state index contributed by atoms with van der Waals surface area (Å²) in [6.07, 6.45) is 11.8. The summed E-state index contributed by atoms with van der Waals surface area (Å²) >= 11 is 0. The van der Waals surface area contributed by atoms with Crippen LogP contribution in [0.3, 0.4) is 0 Å². The monoisotopic (exact) mass is 300 g/mol. The molecule has 0 aromatic rings. The average molecular weight is 300 g/mol. The summed E-state index contributed by atoms with van der Waals surface area (Å²) in [5.74, 6) is -0.656. The van der Waals surface area contributed by atoms with Gasteiger partial charge in [0.25, 0.3) is 0 Å². The number of ether oxygens (including phenoxy) is 2. The number of carbonyl (C=O) groups is 2. The van der Waals surface area contributed by atoms with E-state index in [1.54, 1.807) is 0 Å². The third-order valence-corrected chi connectivity index (χ3v) is 3.58. The number of methoxy groups -OCH3 is 1. The lowest BCUT2D eigenvalue weighted by atomic mass is 10.0. The van der Waals surface area contributed by atoms with Crippen LogP contribution in [0.5, 0.6) is 0 Å². The highest BCUT2D eigenvalue weighted by Gasteiger charge is 2.16. The standard InChI is InChI=1S/C17H32O4/c1-4-5-6-7-8-9-10-11-12-13-16(21-15(2)18)14-17(19)20-3/h16H,4-14H2,1-3H3/t16-/m0/s1. The molecular formula is C17H32O4. The van der Waals surface area contributed by atoms with Crippen molar-refractivity contribution in [2.24, 2.45) is 0 Å². The fraction of sp³-hybridized carbons (Fsp3) is 0.882. The first-order valence-electron chi connectivity index (χ1n) is 8.34. The Hall–Kier alpha value is -1.06. The summed E-state index contributed by atoms with van der Waals surface area (Å²) in [5.41, 5.74) is 0. The Morgan fingerprint density at radius 2 is 1.43 bits per heavy atom. The molecule has 4 nitrogen and oxygen atoms in total. The molecular weight excluding hydrogens is 268 g/mol. The molecule has 21 heavy (non-hydrogen) atoms. The highest BCUT2D eigenvalue weighted by molar-refractivity contribution is 5.71. The molecule has 0 amide bonds. The summed E-state index contributed by atoms with van der Waals surface area (Å²) in [4.78, 5) is 22.3. The van der Waals surface area contributed by atoms with E-state index in [0.29, 0.717) is 0 Å². The quantitative estimate of drug-likeness (QED) is 0.373. The van der Waals surface area contributed by atoms with Gasteiger partial charge >= 0.3 is 11.9 Å². The predicted octanol–water partition coefficient (Wildman–Crippen LogP) is 4.40. The number of hydrogen-bond acceptors (Lipinski definition) is 4. The van der Waals surface area contributed by atoms with Gasteiger partial charge in [0.1, 0.15) is 6.10 Å². The maximum Gasteiger partial charge on any atom is 0.309 e. The van der Waals surface area contributed by atoms with Crippen molar-refractivity contribution in [1.29, 1.82) is 0 Å². The molecule has 0 aromatic carbocycles. The van der Waals surface area contributed by atoms with Crippen LogP contribution >= 0.6 is 0 Å². The molecule has 0 aliphatic heterocycles. The van der Waals surface area contributed by atoms with E-state index in [0.717, 1.165) is 19.3 Å². The van der Waals surface area contributed by atoms with E-state index in [1.807, 2.05) is 0 Å². The molecule has 0 spiro atoms. The van der Waals surface area contributed by atoms with Crippen LogP contribution in [0, 0.1) is 0 Å². The fourth-order valence-corrected chi connectivity index (χ4v) is 2.39. The summed E-state index contributed by atoms with van der Waals surface area (Å²) in [6.45, 7) is 3.61. The average Bonchev–Trinajstić information content (AvgIpc) is 2.44. The Kier molecular flexibility index (Phi) is 13.2. The molecule has 0 N–H and O–H groups in total. The Morgan fingerprint density at radius 1 is 0.905 bits per heavy atom. The lowest BCUT2D eigenvalue weighted by Crippen LogP contribution is -2.21. The van der Waals surface area contributed by atoms with E-state index in [1.165, 1.54) is 59.0 Å². The molecule has 0 rings (SSSR count). The maximum atomic E-state index is 11.3.